The lowest BCUT2D eigenvalue weighted by Crippen LogP contribution is -2.29. The Morgan fingerprint density at radius 1 is 1.10 bits per heavy atom. The molecular formula is C23H23F2N3O. The Morgan fingerprint density at radius 3 is 2.45 bits per heavy atom. The van der Waals surface area contributed by atoms with Crippen LogP contribution in [0.15, 0.2) is 54.9 Å². The van der Waals surface area contributed by atoms with Gasteiger partial charge >= 0.3 is 0 Å². The van der Waals surface area contributed by atoms with Crippen molar-refractivity contribution >= 4 is 17.2 Å². The smallest absolute Gasteiger partial charge is 0.256 e. The number of nitrogens with one attached hydrogen (secondary N) is 1. The molecule has 150 valence electrons. The van der Waals surface area contributed by atoms with E-state index in [-0.39, 0.29) is 11.2 Å². The molecule has 4 rings (SSSR count). The van der Waals surface area contributed by atoms with E-state index in [4.69, 9.17) is 0 Å². The minimum Gasteiger partial charge on any atom is -0.353 e. The number of Topliss-reactive ketones (excluding diaryl/α,β-unsaturated/α-hetero) is 1. The average Bonchev–Trinajstić information content (AvgIpc) is 2.95. The molecule has 0 unspecified atom stereocenters. The first-order chi connectivity index (χ1) is 13.9. The second kappa shape index (κ2) is 7.43. The Hall–Kier alpha value is -3.02. The fourth-order valence-corrected chi connectivity index (χ4v) is 4.13. The van der Waals surface area contributed by atoms with E-state index in [0.29, 0.717) is 35.5 Å². The fourth-order valence-electron chi connectivity index (χ4n) is 4.13. The highest BCUT2D eigenvalue weighted by Gasteiger charge is 2.38. The SMILES string of the molecule is CC1(C)CC(=O)c2c(Nc3ccccc3)c(-c3ccncc3)n(CC(F)F)c2C1. The van der Waals surface area contributed by atoms with E-state index in [0.717, 1.165) is 11.3 Å². The molecule has 1 N–H and O–H groups in total. The number of hydrogen-bond acceptors (Lipinski definition) is 3. The molecule has 29 heavy (non-hydrogen) atoms. The van der Waals surface area contributed by atoms with Gasteiger partial charge in [-0.25, -0.2) is 8.78 Å². The first kappa shape index (κ1) is 19.3. The summed E-state index contributed by atoms with van der Waals surface area (Å²) in [4.78, 5) is 17.2. The van der Waals surface area contributed by atoms with Gasteiger partial charge in [-0.2, -0.15) is 0 Å². The Morgan fingerprint density at radius 2 is 1.79 bits per heavy atom. The number of halogens is 2. The number of para-hydroxylation sites is 1. The van der Waals surface area contributed by atoms with Crippen LogP contribution in [-0.4, -0.2) is 21.8 Å². The Bertz CT molecular complexity index is 1030. The summed E-state index contributed by atoms with van der Waals surface area (Å²) in [5.74, 6) is -0.0157. The van der Waals surface area contributed by atoms with Crippen LogP contribution >= 0.6 is 0 Å². The topological polar surface area (TPSA) is 46.9 Å². The lowest BCUT2D eigenvalue weighted by Gasteiger charge is -2.30. The maximum Gasteiger partial charge on any atom is 0.256 e. The van der Waals surface area contributed by atoms with Crippen LogP contribution in [0.1, 0.15) is 36.3 Å². The molecule has 3 aromatic rings. The van der Waals surface area contributed by atoms with E-state index in [1.807, 2.05) is 44.2 Å². The van der Waals surface area contributed by atoms with Crippen LogP contribution in [0.4, 0.5) is 20.2 Å². The second-order valence-corrected chi connectivity index (χ2v) is 8.21. The molecule has 0 aliphatic heterocycles. The van der Waals surface area contributed by atoms with Crippen molar-refractivity contribution in [1.29, 1.82) is 0 Å². The predicted octanol–water partition coefficient (Wildman–Crippen LogP) is 5.71. The zero-order valence-corrected chi connectivity index (χ0v) is 16.5. The van der Waals surface area contributed by atoms with Crippen LogP contribution in [0, 0.1) is 5.41 Å². The molecule has 2 aromatic heterocycles. The number of aromatic nitrogens is 2. The zero-order chi connectivity index (χ0) is 20.6. The van der Waals surface area contributed by atoms with Gasteiger partial charge in [0.2, 0.25) is 0 Å². The van der Waals surface area contributed by atoms with Crippen molar-refractivity contribution in [1.82, 2.24) is 9.55 Å². The van der Waals surface area contributed by atoms with Crippen LogP contribution in [0.5, 0.6) is 0 Å². The average molecular weight is 395 g/mol. The highest BCUT2D eigenvalue weighted by molar-refractivity contribution is 6.08. The van der Waals surface area contributed by atoms with Gasteiger partial charge in [0.15, 0.2) is 5.78 Å². The molecule has 1 aromatic carbocycles. The molecule has 0 saturated heterocycles. The van der Waals surface area contributed by atoms with E-state index >= 15 is 0 Å². The van der Waals surface area contributed by atoms with Gasteiger partial charge in [0, 0.05) is 35.8 Å². The number of alkyl halides is 2. The minimum absolute atomic E-state index is 0.0157. The first-order valence-corrected chi connectivity index (χ1v) is 9.65. The van der Waals surface area contributed by atoms with Gasteiger partial charge in [0.1, 0.15) is 0 Å². The highest BCUT2D eigenvalue weighted by atomic mass is 19.3. The zero-order valence-electron chi connectivity index (χ0n) is 16.5. The first-order valence-electron chi connectivity index (χ1n) is 9.65. The summed E-state index contributed by atoms with van der Waals surface area (Å²) in [5, 5.41) is 3.34. The summed E-state index contributed by atoms with van der Waals surface area (Å²) in [6, 6.07) is 13.0. The molecule has 1 aliphatic rings. The van der Waals surface area contributed by atoms with E-state index in [9.17, 15) is 13.6 Å². The number of pyridine rings is 1. The molecule has 4 nitrogen and oxygen atoms in total. The normalized spacial score (nSPS) is 15.4. The molecule has 0 spiro atoms. The Balaban J connectivity index is 1.99. The summed E-state index contributed by atoms with van der Waals surface area (Å²) >= 11 is 0. The molecular weight excluding hydrogens is 372 g/mol. The van der Waals surface area contributed by atoms with Crippen molar-refractivity contribution < 1.29 is 13.6 Å². The standard InChI is InChI=1S/C23H23F2N3O/c1-23(2)12-17-20(18(29)13-23)21(27-16-6-4-3-5-7-16)22(28(17)14-19(24)25)15-8-10-26-11-9-15/h3-11,19,27H,12-14H2,1-2H3. The minimum atomic E-state index is -2.53. The lowest BCUT2D eigenvalue weighted by molar-refractivity contribution is 0.0903. The van der Waals surface area contributed by atoms with Gasteiger partial charge in [-0.05, 0) is 36.1 Å². The Labute approximate surface area is 168 Å². The third-order valence-corrected chi connectivity index (χ3v) is 5.25. The van der Waals surface area contributed by atoms with E-state index in [2.05, 4.69) is 10.3 Å². The van der Waals surface area contributed by atoms with Crippen molar-refractivity contribution in [2.24, 2.45) is 5.41 Å². The second-order valence-electron chi connectivity index (χ2n) is 8.21. The predicted molar refractivity (Wildman–Crippen MR) is 110 cm³/mol. The number of hydrogen-bond donors (Lipinski definition) is 1. The van der Waals surface area contributed by atoms with Crippen LogP contribution in [0.2, 0.25) is 0 Å². The molecule has 0 amide bonds. The Kier molecular flexibility index (Phi) is 4.94. The largest absolute Gasteiger partial charge is 0.353 e. The molecule has 0 atom stereocenters. The van der Waals surface area contributed by atoms with Crippen molar-refractivity contribution in [2.45, 2.75) is 39.7 Å². The van der Waals surface area contributed by atoms with Gasteiger partial charge in [0.05, 0.1) is 23.5 Å². The van der Waals surface area contributed by atoms with Gasteiger partial charge < -0.3 is 9.88 Å². The number of carbonyl (C=O) groups excluding carboxylic acids is 1. The molecule has 0 fully saturated rings. The molecule has 1 aliphatic carbocycles. The van der Waals surface area contributed by atoms with Crippen molar-refractivity contribution in [2.75, 3.05) is 5.32 Å². The number of nitrogens with zero attached hydrogens (tertiary/aromatic N) is 2. The van der Waals surface area contributed by atoms with Crippen LogP contribution < -0.4 is 5.32 Å². The number of benzene rings is 1. The fraction of sp³-hybridized carbons (Fsp3) is 0.304. The van der Waals surface area contributed by atoms with Gasteiger partial charge in [-0.3, -0.25) is 9.78 Å². The monoisotopic (exact) mass is 395 g/mol. The quantitative estimate of drug-likeness (QED) is 0.602. The molecule has 0 saturated carbocycles. The number of rotatable bonds is 5. The van der Waals surface area contributed by atoms with Gasteiger partial charge in [-0.15, -0.1) is 0 Å². The third kappa shape index (κ3) is 3.79. The van der Waals surface area contributed by atoms with Crippen molar-refractivity contribution in [3.63, 3.8) is 0 Å². The number of anilines is 2. The summed E-state index contributed by atoms with van der Waals surface area (Å²) in [6.07, 6.45) is 1.68. The lowest BCUT2D eigenvalue weighted by atomic mass is 9.76. The summed E-state index contributed by atoms with van der Waals surface area (Å²) in [7, 11) is 0. The third-order valence-electron chi connectivity index (χ3n) is 5.25. The van der Waals surface area contributed by atoms with E-state index in [1.54, 1.807) is 29.1 Å². The number of ketones is 1. The molecule has 0 bridgehead atoms. The van der Waals surface area contributed by atoms with Gasteiger partial charge in [0.25, 0.3) is 6.43 Å². The van der Waals surface area contributed by atoms with Crippen molar-refractivity contribution in [3.05, 3.63) is 66.1 Å². The van der Waals surface area contributed by atoms with E-state index in [1.165, 1.54) is 0 Å². The van der Waals surface area contributed by atoms with Gasteiger partial charge in [-0.1, -0.05) is 32.0 Å². The van der Waals surface area contributed by atoms with E-state index < -0.39 is 13.0 Å². The van der Waals surface area contributed by atoms with Crippen LogP contribution in [0.3, 0.4) is 0 Å². The van der Waals surface area contributed by atoms with Crippen LogP contribution in [-0.2, 0) is 13.0 Å². The maximum absolute atomic E-state index is 13.6. The number of carbonyl (C=O) groups is 1. The highest BCUT2D eigenvalue weighted by Crippen LogP contribution is 2.45. The summed E-state index contributed by atoms with van der Waals surface area (Å²) in [6.45, 7) is 3.55. The summed E-state index contributed by atoms with van der Waals surface area (Å²) in [5.41, 5.74) is 3.68. The summed E-state index contributed by atoms with van der Waals surface area (Å²) < 4.78 is 28.8. The molecule has 6 heteroatoms. The molecule has 0 radical (unpaired) electrons. The maximum atomic E-state index is 13.6. The van der Waals surface area contributed by atoms with Crippen LogP contribution in [0.25, 0.3) is 11.3 Å². The van der Waals surface area contributed by atoms with Crippen molar-refractivity contribution in [3.8, 4) is 11.3 Å². The number of fused-ring (bicyclic) bond motifs is 1. The molecule has 2 heterocycles.